The zero-order valence-corrected chi connectivity index (χ0v) is 19.2. The van der Waals surface area contributed by atoms with Crippen LogP contribution in [0, 0.1) is 6.92 Å². The number of nitrogens with one attached hydrogen (secondary N) is 2. The summed E-state index contributed by atoms with van der Waals surface area (Å²) in [5.41, 5.74) is 4.35. The van der Waals surface area contributed by atoms with E-state index in [1.54, 1.807) is 4.57 Å². The van der Waals surface area contributed by atoms with E-state index in [0.717, 1.165) is 29.8 Å². The average molecular weight is 453 g/mol. The van der Waals surface area contributed by atoms with Crippen molar-refractivity contribution in [2.75, 3.05) is 19.6 Å². The number of aryl methyl sites for hydroxylation is 1. The van der Waals surface area contributed by atoms with E-state index in [-0.39, 0.29) is 17.6 Å². The van der Waals surface area contributed by atoms with E-state index in [9.17, 15) is 9.59 Å². The Morgan fingerprint density at radius 1 is 0.941 bits per heavy atom. The molecule has 4 aromatic rings. The first-order valence-corrected chi connectivity index (χ1v) is 11.7. The Bertz CT molecular complexity index is 1340. The largest absolute Gasteiger partial charge is 0.331 e. The van der Waals surface area contributed by atoms with E-state index in [2.05, 4.69) is 22.4 Å². The lowest BCUT2D eigenvalue weighted by molar-refractivity contribution is 0.0631. The summed E-state index contributed by atoms with van der Waals surface area (Å²) in [6, 6.07) is 27.6. The van der Waals surface area contributed by atoms with Gasteiger partial charge in [0.1, 0.15) is 5.69 Å². The molecule has 1 amide bonds. The molecule has 2 heterocycles. The van der Waals surface area contributed by atoms with Crippen molar-refractivity contribution in [1.29, 1.82) is 0 Å². The standard InChI is InChI=1S/C28H28N4O2/c1-20-10-8-9-15-24(20)32-26(22-13-6-3-7-14-22)25(30-28(32)34)27(33)31-17-16-29-19-23(31)18-21-11-4-2-5-12-21/h2-15,23,29H,16-19H2,1H3,(H,30,34). The number of aromatic nitrogens is 2. The molecule has 6 heteroatoms. The number of benzene rings is 3. The van der Waals surface area contributed by atoms with Crippen molar-refractivity contribution in [2.24, 2.45) is 0 Å². The SMILES string of the molecule is Cc1ccccc1-n1c(-c2ccccc2)c(C(=O)N2CCNCC2Cc2ccccc2)[nH]c1=O. The van der Waals surface area contributed by atoms with Crippen molar-refractivity contribution < 1.29 is 4.79 Å². The maximum Gasteiger partial charge on any atom is 0.331 e. The van der Waals surface area contributed by atoms with Crippen molar-refractivity contribution in [2.45, 2.75) is 19.4 Å². The summed E-state index contributed by atoms with van der Waals surface area (Å²) in [5, 5.41) is 3.42. The van der Waals surface area contributed by atoms with Crippen LogP contribution in [0.15, 0.2) is 89.7 Å². The molecule has 5 rings (SSSR count). The minimum atomic E-state index is -0.314. The molecule has 1 atom stereocenters. The second kappa shape index (κ2) is 9.53. The molecule has 0 spiro atoms. The predicted molar refractivity (Wildman–Crippen MR) is 134 cm³/mol. The Balaban J connectivity index is 1.60. The third kappa shape index (κ3) is 4.20. The van der Waals surface area contributed by atoms with Crippen LogP contribution in [-0.4, -0.2) is 46.0 Å². The van der Waals surface area contributed by atoms with Crippen LogP contribution >= 0.6 is 0 Å². The Kier molecular flexibility index (Phi) is 6.14. The fourth-order valence-electron chi connectivity index (χ4n) is 4.74. The molecule has 0 radical (unpaired) electrons. The van der Waals surface area contributed by atoms with E-state index < -0.39 is 0 Å². The van der Waals surface area contributed by atoms with Gasteiger partial charge in [-0.2, -0.15) is 0 Å². The number of rotatable bonds is 5. The van der Waals surface area contributed by atoms with Gasteiger partial charge in [-0.1, -0.05) is 78.9 Å². The minimum Gasteiger partial charge on any atom is -0.331 e. The van der Waals surface area contributed by atoms with Gasteiger partial charge in [-0.15, -0.1) is 0 Å². The number of aromatic amines is 1. The first-order chi connectivity index (χ1) is 16.6. The van der Waals surface area contributed by atoms with Crippen molar-refractivity contribution in [3.63, 3.8) is 0 Å². The lowest BCUT2D eigenvalue weighted by Gasteiger charge is -2.36. The molecule has 0 aliphatic carbocycles. The number of piperazine rings is 1. The summed E-state index contributed by atoms with van der Waals surface area (Å²) in [6.45, 7) is 3.99. The summed E-state index contributed by atoms with van der Waals surface area (Å²) >= 11 is 0. The van der Waals surface area contributed by atoms with E-state index in [1.807, 2.05) is 84.6 Å². The molecule has 2 N–H and O–H groups in total. The number of amides is 1. The molecule has 1 unspecified atom stereocenters. The molecule has 34 heavy (non-hydrogen) atoms. The van der Waals surface area contributed by atoms with Gasteiger partial charge in [-0.05, 0) is 30.5 Å². The van der Waals surface area contributed by atoms with Crippen molar-refractivity contribution >= 4 is 5.91 Å². The van der Waals surface area contributed by atoms with Gasteiger partial charge in [0.25, 0.3) is 5.91 Å². The van der Waals surface area contributed by atoms with Gasteiger partial charge >= 0.3 is 5.69 Å². The predicted octanol–water partition coefficient (Wildman–Crippen LogP) is 3.80. The van der Waals surface area contributed by atoms with Gasteiger partial charge in [0, 0.05) is 31.2 Å². The summed E-state index contributed by atoms with van der Waals surface area (Å²) in [5.74, 6) is -0.147. The summed E-state index contributed by atoms with van der Waals surface area (Å²) in [6.07, 6.45) is 0.753. The number of nitrogens with zero attached hydrogens (tertiary/aromatic N) is 2. The Hall–Kier alpha value is -3.90. The van der Waals surface area contributed by atoms with E-state index in [1.165, 1.54) is 5.56 Å². The number of hydrogen-bond acceptors (Lipinski definition) is 3. The molecule has 0 saturated carbocycles. The van der Waals surface area contributed by atoms with Gasteiger partial charge in [-0.25, -0.2) is 4.79 Å². The van der Waals surface area contributed by atoms with Crippen LogP contribution in [0.2, 0.25) is 0 Å². The molecule has 1 aliphatic rings. The maximum absolute atomic E-state index is 14.0. The fraction of sp³-hybridized carbons (Fsp3) is 0.214. The van der Waals surface area contributed by atoms with Crippen molar-refractivity contribution in [3.8, 4) is 16.9 Å². The molecule has 6 nitrogen and oxygen atoms in total. The zero-order chi connectivity index (χ0) is 23.5. The van der Waals surface area contributed by atoms with Crippen LogP contribution in [0.5, 0.6) is 0 Å². The van der Waals surface area contributed by atoms with Gasteiger partial charge in [-0.3, -0.25) is 9.36 Å². The van der Waals surface area contributed by atoms with E-state index >= 15 is 0 Å². The van der Waals surface area contributed by atoms with Crippen LogP contribution in [0.25, 0.3) is 16.9 Å². The van der Waals surface area contributed by atoms with E-state index in [4.69, 9.17) is 0 Å². The maximum atomic E-state index is 14.0. The van der Waals surface area contributed by atoms with Crippen LogP contribution in [0.4, 0.5) is 0 Å². The summed E-state index contributed by atoms with van der Waals surface area (Å²) in [4.78, 5) is 32.1. The highest BCUT2D eigenvalue weighted by Crippen LogP contribution is 2.28. The van der Waals surface area contributed by atoms with Gasteiger partial charge in [0.2, 0.25) is 0 Å². The highest BCUT2D eigenvalue weighted by atomic mass is 16.2. The fourth-order valence-corrected chi connectivity index (χ4v) is 4.74. The summed E-state index contributed by atoms with van der Waals surface area (Å²) in [7, 11) is 0. The lowest BCUT2D eigenvalue weighted by atomic mass is 10.0. The number of carbonyl (C=O) groups excluding carboxylic acids is 1. The highest BCUT2D eigenvalue weighted by Gasteiger charge is 2.32. The monoisotopic (exact) mass is 452 g/mol. The number of imidazole rings is 1. The molecule has 1 fully saturated rings. The summed E-state index contributed by atoms with van der Waals surface area (Å²) < 4.78 is 1.63. The van der Waals surface area contributed by atoms with Crippen LogP contribution < -0.4 is 11.0 Å². The van der Waals surface area contributed by atoms with E-state index in [0.29, 0.717) is 24.5 Å². The Morgan fingerprint density at radius 2 is 1.62 bits per heavy atom. The van der Waals surface area contributed by atoms with Gasteiger partial charge < -0.3 is 15.2 Å². The smallest absolute Gasteiger partial charge is 0.331 e. The first-order valence-electron chi connectivity index (χ1n) is 11.7. The van der Waals surface area contributed by atoms with Gasteiger partial charge in [0.05, 0.1) is 11.4 Å². The number of H-pyrrole nitrogens is 1. The Morgan fingerprint density at radius 3 is 2.35 bits per heavy atom. The molecule has 172 valence electrons. The number of carbonyl (C=O) groups is 1. The molecule has 1 aromatic heterocycles. The third-order valence-corrected chi connectivity index (χ3v) is 6.44. The molecule has 1 saturated heterocycles. The minimum absolute atomic E-state index is 0.00223. The number of hydrogen-bond donors (Lipinski definition) is 2. The highest BCUT2D eigenvalue weighted by molar-refractivity contribution is 5.99. The van der Waals surface area contributed by atoms with Crippen molar-refractivity contribution in [1.82, 2.24) is 19.8 Å². The second-order valence-electron chi connectivity index (χ2n) is 8.69. The first kappa shape index (κ1) is 21.9. The molecule has 1 aliphatic heterocycles. The second-order valence-corrected chi connectivity index (χ2v) is 8.69. The van der Waals surface area contributed by atoms with Gasteiger partial charge in [0.15, 0.2) is 0 Å². The third-order valence-electron chi connectivity index (χ3n) is 6.44. The van der Waals surface area contributed by atoms with Crippen molar-refractivity contribution in [3.05, 3.63) is 112 Å². The average Bonchev–Trinajstić information content (AvgIpc) is 3.22. The quantitative estimate of drug-likeness (QED) is 0.484. The molecular weight excluding hydrogens is 424 g/mol. The molecular formula is C28H28N4O2. The molecule has 0 bridgehead atoms. The zero-order valence-electron chi connectivity index (χ0n) is 19.2. The topological polar surface area (TPSA) is 70.1 Å². The molecule has 3 aromatic carbocycles. The number of para-hydroxylation sites is 1. The normalized spacial score (nSPS) is 15.9. The van der Waals surface area contributed by atoms with Crippen LogP contribution in [-0.2, 0) is 6.42 Å². The van der Waals surface area contributed by atoms with Crippen LogP contribution in [0.3, 0.4) is 0 Å². The Labute approximate surface area is 198 Å². The van der Waals surface area contributed by atoms with Crippen LogP contribution in [0.1, 0.15) is 21.6 Å². The lowest BCUT2D eigenvalue weighted by Crippen LogP contribution is -2.54.